The van der Waals surface area contributed by atoms with Crippen molar-refractivity contribution >= 4 is 50.3 Å². The molecule has 2 aromatic rings. The molecule has 114 valence electrons. The van der Waals surface area contributed by atoms with Crippen molar-refractivity contribution in [2.45, 2.75) is 4.90 Å². The third-order valence-corrected chi connectivity index (χ3v) is 4.75. The summed E-state index contributed by atoms with van der Waals surface area (Å²) < 4.78 is 28.0. The predicted octanol–water partition coefficient (Wildman–Crippen LogP) is 3.19. The van der Waals surface area contributed by atoms with Crippen molar-refractivity contribution in [2.75, 3.05) is 4.72 Å². The maximum atomic E-state index is 12.3. The van der Waals surface area contributed by atoms with Gasteiger partial charge in [0.25, 0.3) is 10.0 Å². The third-order valence-electron chi connectivity index (χ3n) is 2.69. The Morgan fingerprint density at radius 1 is 1.14 bits per heavy atom. The molecule has 0 aliphatic rings. The molecule has 2 rings (SSSR count). The number of anilines is 1. The summed E-state index contributed by atoms with van der Waals surface area (Å²) in [6, 6.07) is 13.0. The summed E-state index contributed by atoms with van der Waals surface area (Å²) in [5, 5.41) is 8.55. The number of nitrogens with one attached hydrogen (secondary N) is 1. The largest absolute Gasteiger partial charge is 0.478 e. The highest BCUT2D eigenvalue weighted by Gasteiger charge is 2.13. The zero-order chi connectivity index (χ0) is 16.2. The molecule has 0 fully saturated rings. The van der Waals surface area contributed by atoms with Gasteiger partial charge in [0.15, 0.2) is 0 Å². The molecule has 0 bridgehead atoms. The minimum absolute atomic E-state index is 0.110. The van der Waals surface area contributed by atoms with Gasteiger partial charge in [-0.1, -0.05) is 18.2 Å². The van der Waals surface area contributed by atoms with Crippen molar-refractivity contribution in [3.05, 3.63) is 63.7 Å². The van der Waals surface area contributed by atoms with Crippen molar-refractivity contribution in [1.82, 2.24) is 0 Å². The standard InChI is InChI=1S/C15H12INO4S/c16-12-2-1-3-13(10-12)17-22(20,21)14-7-4-11(5-8-14)6-9-15(18)19/h1-10,17H,(H,18,19). The molecule has 0 aromatic heterocycles. The van der Waals surface area contributed by atoms with Crippen LogP contribution in [0.15, 0.2) is 59.5 Å². The van der Waals surface area contributed by atoms with Gasteiger partial charge in [-0.05, 0) is 64.6 Å². The molecule has 0 saturated carbocycles. The van der Waals surface area contributed by atoms with Gasteiger partial charge in [0.2, 0.25) is 0 Å². The van der Waals surface area contributed by atoms with Crippen molar-refractivity contribution in [2.24, 2.45) is 0 Å². The van der Waals surface area contributed by atoms with Crippen LogP contribution in [0.3, 0.4) is 0 Å². The second kappa shape index (κ2) is 6.93. The minimum Gasteiger partial charge on any atom is -0.478 e. The number of hydrogen-bond acceptors (Lipinski definition) is 3. The average Bonchev–Trinajstić information content (AvgIpc) is 2.45. The molecule has 7 heteroatoms. The minimum atomic E-state index is -3.67. The zero-order valence-electron chi connectivity index (χ0n) is 11.2. The number of benzene rings is 2. The Morgan fingerprint density at radius 3 is 2.41 bits per heavy atom. The Bertz CT molecular complexity index is 814. The van der Waals surface area contributed by atoms with Gasteiger partial charge in [0, 0.05) is 15.3 Å². The molecule has 0 aliphatic heterocycles. The van der Waals surface area contributed by atoms with E-state index in [0.717, 1.165) is 9.65 Å². The number of halogens is 1. The predicted molar refractivity (Wildman–Crippen MR) is 93.1 cm³/mol. The van der Waals surface area contributed by atoms with E-state index in [9.17, 15) is 13.2 Å². The van der Waals surface area contributed by atoms with E-state index in [-0.39, 0.29) is 4.90 Å². The molecule has 2 aromatic carbocycles. The normalized spacial score (nSPS) is 11.5. The molecule has 0 amide bonds. The summed E-state index contributed by atoms with van der Waals surface area (Å²) in [6.45, 7) is 0. The molecule has 0 heterocycles. The van der Waals surface area contributed by atoms with Crippen LogP contribution < -0.4 is 4.72 Å². The summed E-state index contributed by atoms with van der Waals surface area (Å²) in [5.41, 5.74) is 1.09. The van der Waals surface area contributed by atoms with Crippen LogP contribution in [0.4, 0.5) is 5.69 Å². The SMILES string of the molecule is O=C(O)C=Cc1ccc(S(=O)(=O)Nc2cccc(I)c2)cc1. The molecular formula is C15H12INO4S. The van der Waals surface area contributed by atoms with Gasteiger partial charge in [-0.2, -0.15) is 0 Å². The Morgan fingerprint density at radius 2 is 1.82 bits per heavy atom. The number of sulfonamides is 1. The fourth-order valence-electron chi connectivity index (χ4n) is 1.69. The van der Waals surface area contributed by atoms with E-state index in [1.54, 1.807) is 30.3 Å². The molecule has 0 unspecified atom stereocenters. The fourth-order valence-corrected chi connectivity index (χ4v) is 3.28. The lowest BCUT2D eigenvalue weighted by Gasteiger charge is -2.08. The quantitative estimate of drug-likeness (QED) is 0.565. The number of rotatable bonds is 5. The number of aliphatic carboxylic acids is 1. The summed E-state index contributed by atoms with van der Waals surface area (Å²) in [6.07, 6.45) is 2.39. The molecule has 0 atom stereocenters. The van der Waals surface area contributed by atoms with Crippen LogP contribution >= 0.6 is 22.6 Å². The zero-order valence-corrected chi connectivity index (χ0v) is 14.2. The van der Waals surface area contributed by atoms with Crippen molar-refractivity contribution in [3.63, 3.8) is 0 Å². The Balaban J connectivity index is 2.21. The number of carboxylic acid groups (broad SMARTS) is 1. The van der Waals surface area contributed by atoms with Crippen LogP contribution in [0.1, 0.15) is 5.56 Å². The number of carboxylic acids is 1. The molecular weight excluding hydrogens is 417 g/mol. The van der Waals surface area contributed by atoms with E-state index in [1.807, 2.05) is 6.07 Å². The first kappa shape index (κ1) is 16.5. The molecule has 0 spiro atoms. The lowest BCUT2D eigenvalue weighted by atomic mass is 10.2. The fraction of sp³-hybridized carbons (Fsp3) is 0. The molecule has 0 radical (unpaired) electrons. The molecule has 0 aliphatic carbocycles. The topological polar surface area (TPSA) is 83.5 Å². The Kier molecular flexibility index (Phi) is 5.19. The highest BCUT2D eigenvalue weighted by molar-refractivity contribution is 14.1. The van der Waals surface area contributed by atoms with E-state index in [0.29, 0.717) is 11.3 Å². The van der Waals surface area contributed by atoms with Crippen LogP contribution in [0.25, 0.3) is 6.08 Å². The molecule has 22 heavy (non-hydrogen) atoms. The maximum absolute atomic E-state index is 12.3. The van der Waals surface area contributed by atoms with Crippen molar-refractivity contribution < 1.29 is 18.3 Å². The first-order valence-electron chi connectivity index (χ1n) is 6.16. The highest BCUT2D eigenvalue weighted by Crippen LogP contribution is 2.18. The van der Waals surface area contributed by atoms with Crippen LogP contribution in [-0.4, -0.2) is 19.5 Å². The summed E-state index contributed by atoms with van der Waals surface area (Å²) in [7, 11) is -3.67. The van der Waals surface area contributed by atoms with Gasteiger partial charge in [0.1, 0.15) is 0 Å². The first-order valence-corrected chi connectivity index (χ1v) is 8.72. The maximum Gasteiger partial charge on any atom is 0.328 e. The Labute approximate surface area is 141 Å². The number of hydrogen-bond donors (Lipinski definition) is 2. The van der Waals surface area contributed by atoms with E-state index >= 15 is 0 Å². The van der Waals surface area contributed by atoms with Crippen LogP contribution in [0.5, 0.6) is 0 Å². The lowest BCUT2D eigenvalue weighted by molar-refractivity contribution is -0.131. The van der Waals surface area contributed by atoms with E-state index in [1.165, 1.54) is 18.2 Å². The van der Waals surface area contributed by atoms with Crippen LogP contribution in [0.2, 0.25) is 0 Å². The smallest absolute Gasteiger partial charge is 0.328 e. The van der Waals surface area contributed by atoms with Gasteiger partial charge in [-0.15, -0.1) is 0 Å². The van der Waals surface area contributed by atoms with Gasteiger partial charge in [-0.3, -0.25) is 4.72 Å². The van der Waals surface area contributed by atoms with E-state index < -0.39 is 16.0 Å². The van der Waals surface area contributed by atoms with Crippen LogP contribution in [-0.2, 0) is 14.8 Å². The third kappa shape index (κ3) is 4.57. The van der Waals surface area contributed by atoms with Crippen molar-refractivity contribution in [3.8, 4) is 0 Å². The second-order valence-corrected chi connectivity index (χ2v) is 7.28. The summed E-state index contributed by atoms with van der Waals surface area (Å²) in [5.74, 6) is -1.06. The van der Waals surface area contributed by atoms with Gasteiger partial charge in [0.05, 0.1) is 4.90 Å². The van der Waals surface area contributed by atoms with Gasteiger partial charge in [-0.25, -0.2) is 13.2 Å². The van der Waals surface area contributed by atoms with Crippen LogP contribution in [0, 0.1) is 3.57 Å². The number of carbonyl (C=O) groups is 1. The molecule has 0 saturated heterocycles. The van der Waals surface area contributed by atoms with Crippen molar-refractivity contribution in [1.29, 1.82) is 0 Å². The lowest BCUT2D eigenvalue weighted by Crippen LogP contribution is -2.12. The first-order chi connectivity index (χ1) is 10.4. The highest BCUT2D eigenvalue weighted by atomic mass is 127. The monoisotopic (exact) mass is 429 g/mol. The second-order valence-electron chi connectivity index (χ2n) is 4.36. The average molecular weight is 429 g/mol. The summed E-state index contributed by atoms with van der Waals surface area (Å²) in [4.78, 5) is 10.5. The van der Waals surface area contributed by atoms with Gasteiger partial charge >= 0.3 is 5.97 Å². The molecule has 5 nitrogen and oxygen atoms in total. The Hall–Kier alpha value is -1.87. The summed E-state index contributed by atoms with van der Waals surface area (Å²) >= 11 is 2.10. The van der Waals surface area contributed by atoms with Gasteiger partial charge < -0.3 is 5.11 Å². The van der Waals surface area contributed by atoms with E-state index in [4.69, 9.17) is 5.11 Å². The molecule has 2 N–H and O–H groups in total. The van der Waals surface area contributed by atoms with E-state index in [2.05, 4.69) is 27.3 Å².